The second-order valence-electron chi connectivity index (χ2n) is 4.57. The molecule has 0 radical (unpaired) electrons. The first kappa shape index (κ1) is 17.1. The van der Waals surface area contributed by atoms with Gasteiger partial charge in [-0.05, 0) is 46.3 Å². The molecule has 0 aliphatic heterocycles. The minimum Gasteiger partial charge on any atom is -0.496 e. The number of hydrogen-bond acceptors (Lipinski definition) is 3. The molecule has 2 rings (SSSR count). The molecule has 23 heavy (non-hydrogen) atoms. The summed E-state index contributed by atoms with van der Waals surface area (Å²) in [6, 6.07) is 6.30. The summed E-state index contributed by atoms with van der Waals surface area (Å²) < 4.78 is 33.2. The fraction of sp³-hybridized carbons (Fsp3) is 0.125. The van der Waals surface area contributed by atoms with E-state index >= 15 is 0 Å². The van der Waals surface area contributed by atoms with E-state index in [0.29, 0.717) is 10.2 Å². The van der Waals surface area contributed by atoms with Gasteiger partial charge in [0.1, 0.15) is 29.7 Å². The summed E-state index contributed by atoms with van der Waals surface area (Å²) in [5.74, 6) is -2.06. The maximum absolute atomic E-state index is 13.7. The van der Waals surface area contributed by atoms with E-state index in [1.807, 2.05) is 0 Å². The molecule has 0 saturated heterocycles. The Morgan fingerprint density at radius 3 is 2.48 bits per heavy atom. The number of rotatable bonds is 5. The van der Waals surface area contributed by atoms with Gasteiger partial charge >= 0.3 is 0 Å². The summed E-state index contributed by atoms with van der Waals surface area (Å²) in [7, 11) is 1.44. The van der Waals surface area contributed by atoms with Gasteiger partial charge in [0.15, 0.2) is 0 Å². The Hall–Kier alpha value is -2.28. The number of amides is 1. The standard InChI is InChI=1S/C16H12BrF2NO3/c1-23-14-7-9(5-6-10(14)17)16(22)20-13(8-21)15-11(18)3-2-4-12(15)19/h2-8,13H,1H3,(H,20,22). The Balaban J connectivity index is 2.29. The molecule has 0 aromatic heterocycles. The van der Waals surface area contributed by atoms with Crippen molar-refractivity contribution in [3.05, 3.63) is 63.6 Å². The van der Waals surface area contributed by atoms with Gasteiger partial charge in [0.25, 0.3) is 5.91 Å². The minimum atomic E-state index is -1.43. The first-order valence-electron chi connectivity index (χ1n) is 6.51. The van der Waals surface area contributed by atoms with Crippen molar-refractivity contribution < 1.29 is 23.1 Å². The zero-order valence-corrected chi connectivity index (χ0v) is 13.6. The first-order chi connectivity index (χ1) is 11.0. The molecule has 1 amide bonds. The number of nitrogens with one attached hydrogen (secondary N) is 1. The van der Waals surface area contributed by atoms with E-state index in [-0.39, 0.29) is 11.8 Å². The summed E-state index contributed by atoms with van der Waals surface area (Å²) in [6.45, 7) is 0. The van der Waals surface area contributed by atoms with Crippen LogP contribution in [0.1, 0.15) is 22.0 Å². The van der Waals surface area contributed by atoms with Crippen LogP contribution >= 0.6 is 15.9 Å². The first-order valence-corrected chi connectivity index (χ1v) is 7.30. The van der Waals surface area contributed by atoms with E-state index in [1.165, 1.54) is 25.3 Å². The third-order valence-electron chi connectivity index (χ3n) is 3.15. The quantitative estimate of drug-likeness (QED) is 0.804. The Kier molecular flexibility index (Phi) is 5.44. The molecule has 1 N–H and O–H groups in total. The van der Waals surface area contributed by atoms with Crippen LogP contribution in [-0.2, 0) is 4.79 Å². The molecule has 0 bridgehead atoms. The highest BCUT2D eigenvalue weighted by molar-refractivity contribution is 9.10. The van der Waals surface area contributed by atoms with Crippen LogP contribution in [0.25, 0.3) is 0 Å². The van der Waals surface area contributed by atoms with Crippen LogP contribution in [0, 0.1) is 11.6 Å². The van der Waals surface area contributed by atoms with Crippen LogP contribution in [0.4, 0.5) is 8.78 Å². The molecule has 0 aliphatic rings. The van der Waals surface area contributed by atoms with E-state index in [2.05, 4.69) is 21.2 Å². The number of benzene rings is 2. The highest BCUT2D eigenvalue weighted by atomic mass is 79.9. The molecule has 0 spiro atoms. The fourth-order valence-electron chi connectivity index (χ4n) is 2.01. The second kappa shape index (κ2) is 7.32. The molecule has 0 fully saturated rings. The summed E-state index contributed by atoms with van der Waals surface area (Å²) in [4.78, 5) is 23.4. The molecule has 2 aromatic rings. The molecule has 1 unspecified atom stereocenters. The molecule has 2 aromatic carbocycles. The van der Waals surface area contributed by atoms with Crippen molar-refractivity contribution in [3.63, 3.8) is 0 Å². The maximum atomic E-state index is 13.7. The molecule has 0 aliphatic carbocycles. The van der Waals surface area contributed by atoms with Crippen molar-refractivity contribution in [2.75, 3.05) is 7.11 Å². The molecule has 0 saturated carbocycles. The van der Waals surface area contributed by atoms with Crippen molar-refractivity contribution in [1.82, 2.24) is 5.32 Å². The van der Waals surface area contributed by atoms with Gasteiger partial charge < -0.3 is 14.8 Å². The van der Waals surface area contributed by atoms with Crippen LogP contribution in [-0.4, -0.2) is 19.3 Å². The van der Waals surface area contributed by atoms with Gasteiger partial charge in [-0.1, -0.05) is 6.07 Å². The number of carbonyl (C=O) groups is 2. The van der Waals surface area contributed by atoms with Gasteiger partial charge in [-0.15, -0.1) is 0 Å². The summed E-state index contributed by atoms with van der Waals surface area (Å²) in [6.07, 6.45) is 0.273. The van der Waals surface area contributed by atoms with Crippen LogP contribution in [0.3, 0.4) is 0 Å². The van der Waals surface area contributed by atoms with Crippen LogP contribution in [0.5, 0.6) is 5.75 Å². The fourth-order valence-corrected chi connectivity index (χ4v) is 2.42. The third kappa shape index (κ3) is 3.73. The van der Waals surface area contributed by atoms with Crippen LogP contribution in [0.2, 0.25) is 0 Å². The van der Waals surface area contributed by atoms with Gasteiger partial charge in [0.2, 0.25) is 0 Å². The summed E-state index contributed by atoms with van der Waals surface area (Å²) in [5.41, 5.74) is -0.312. The minimum absolute atomic E-state index is 0.189. The summed E-state index contributed by atoms with van der Waals surface area (Å²) in [5, 5.41) is 2.29. The summed E-state index contributed by atoms with van der Waals surface area (Å²) >= 11 is 3.25. The van der Waals surface area contributed by atoms with Gasteiger partial charge in [0.05, 0.1) is 17.1 Å². The van der Waals surface area contributed by atoms with Crippen molar-refractivity contribution in [2.45, 2.75) is 6.04 Å². The van der Waals surface area contributed by atoms with Gasteiger partial charge in [-0.25, -0.2) is 8.78 Å². The zero-order valence-electron chi connectivity index (χ0n) is 12.0. The maximum Gasteiger partial charge on any atom is 0.252 e. The van der Waals surface area contributed by atoms with Gasteiger partial charge in [-0.2, -0.15) is 0 Å². The molecule has 4 nitrogen and oxygen atoms in total. The largest absolute Gasteiger partial charge is 0.496 e. The Morgan fingerprint density at radius 1 is 1.26 bits per heavy atom. The lowest BCUT2D eigenvalue weighted by Crippen LogP contribution is -2.30. The number of aldehydes is 1. The Bertz CT molecular complexity index is 732. The number of carbonyl (C=O) groups excluding carboxylic acids is 2. The Morgan fingerprint density at radius 2 is 1.91 bits per heavy atom. The molecule has 1 atom stereocenters. The smallest absolute Gasteiger partial charge is 0.252 e. The number of hydrogen-bond donors (Lipinski definition) is 1. The van der Waals surface area contributed by atoms with E-state index in [9.17, 15) is 18.4 Å². The zero-order chi connectivity index (χ0) is 17.0. The highest BCUT2D eigenvalue weighted by Crippen LogP contribution is 2.26. The lowest BCUT2D eigenvalue weighted by atomic mass is 10.1. The third-order valence-corrected chi connectivity index (χ3v) is 3.80. The van der Waals surface area contributed by atoms with Crippen LogP contribution in [0.15, 0.2) is 40.9 Å². The average Bonchev–Trinajstić information content (AvgIpc) is 2.53. The van der Waals surface area contributed by atoms with E-state index in [1.54, 1.807) is 6.07 Å². The second-order valence-corrected chi connectivity index (χ2v) is 5.43. The normalized spacial score (nSPS) is 11.7. The van der Waals surface area contributed by atoms with Crippen molar-refractivity contribution in [1.29, 1.82) is 0 Å². The lowest BCUT2D eigenvalue weighted by molar-refractivity contribution is -0.109. The van der Waals surface area contributed by atoms with Gasteiger partial charge in [-0.3, -0.25) is 4.79 Å². The van der Waals surface area contributed by atoms with E-state index < -0.39 is 29.1 Å². The van der Waals surface area contributed by atoms with E-state index in [4.69, 9.17) is 4.74 Å². The number of methoxy groups -OCH3 is 1. The van der Waals surface area contributed by atoms with Crippen molar-refractivity contribution in [2.24, 2.45) is 0 Å². The van der Waals surface area contributed by atoms with E-state index in [0.717, 1.165) is 12.1 Å². The predicted molar refractivity (Wildman–Crippen MR) is 83.3 cm³/mol. The molecular weight excluding hydrogens is 372 g/mol. The van der Waals surface area contributed by atoms with Crippen molar-refractivity contribution >= 4 is 28.1 Å². The predicted octanol–water partition coefficient (Wildman–Crippen LogP) is 3.41. The molecule has 120 valence electrons. The van der Waals surface area contributed by atoms with Crippen LogP contribution < -0.4 is 10.1 Å². The monoisotopic (exact) mass is 383 g/mol. The Labute approximate surface area is 139 Å². The SMILES string of the molecule is COc1cc(C(=O)NC(C=O)c2c(F)cccc2F)ccc1Br. The lowest BCUT2D eigenvalue weighted by Gasteiger charge is -2.15. The molecule has 7 heteroatoms. The number of halogens is 3. The number of ether oxygens (including phenoxy) is 1. The molecular formula is C16H12BrF2NO3. The average molecular weight is 384 g/mol. The van der Waals surface area contributed by atoms with Gasteiger partial charge in [0, 0.05) is 5.56 Å². The highest BCUT2D eigenvalue weighted by Gasteiger charge is 2.22. The molecule has 0 heterocycles. The van der Waals surface area contributed by atoms with Crippen molar-refractivity contribution in [3.8, 4) is 5.75 Å². The topological polar surface area (TPSA) is 55.4 Å².